The van der Waals surface area contributed by atoms with Crippen molar-refractivity contribution in [1.29, 1.82) is 0 Å². The first kappa shape index (κ1) is 7.53. The predicted octanol–water partition coefficient (Wildman–Crippen LogP) is 1.09. The van der Waals surface area contributed by atoms with E-state index >= 15 is 0 Å². The summed E-state index contributed by atoms with van der Waals surface area (Å²) in [6, 6.07) is 0. The van der Waals surface area contributed by atoms with Gasteiger partial charge in [-0.15, -0.1) is 0 Å². The number of ether oxygens (including phenoxy) is 2. The number of hydrogen-bond donors (Lipinski definition) is 0. The average Bonchev–Trinajstić information content (AvgIpc) is 2.58. The van der Waals surface area contributed by atoms with E-state index in [1.807, 2.05) is 26.4 Å². The average molecular weight is 180 g/mol. The molecule has 2 aliphatic rings. The second-order valence-electron chi connectivity index (χ2n) is 4.07. The molecule has 70 valence electrons. The first-order valence-corrected chi connectivity index (χ1v) is 4.51. The normalized spacial score (nSPS) is 34.6. The van der Waals surface area contributed by atoms with Crippen LogP contribution in [0.3, 0.4) is 0 Å². The van der Waals surface area contributed by atoms with E-state index in [1.54, 1.807) is 0 Å². The molecule has 4 heteroatoms. The van der Waals surface area contributed by atoms with E-state index in [4.69, 9.17) is 9.47 Å². The van der Waals surface area contributed by atoms with Crippen molar-refractivity contribution in [2.75, 3.05) is 0 Å². The summed E-state index contributed by atoms with van der Waals surface area (Å²) in [6.07, 6.45) is 3.94. The Morgan fingerprint density at radius 3 is 3.23 bits per heavy atom. The van der Waals surface area contributed by atoms with Gasteiger partial charge >= 0.3 is 0 Å². The highest BCUT2D eigenvalue weighted by Gasteiger charge is 2.47. The Labute approximate surface area is 76.5 Å². The molecule has 1 saturated heterocycles. The number of rotatable bonds is 0. The summed E-state index contributed by atoms with van der Waals surface area (Å²) in [4.78, 5) is 4.08. The second kappa shape index (κ2) is 2.13. The van der Waals surface area contributed by atoms with Crippen LogP contribution in [-0.4, -0.2) is 21.4 Å². The molecule has 1 aromatic heterocycles. The van der Waals surface area contributed by atoms with Gasteiger partial charge in [0, 0.05) is 0 Å². The number of imidazole rings is 1. The van der Waals surface area contributed by atoms with Crippen LogP contribution >= 0.6 is 0 Å². The van der Waals surface area contributed by atoms with Crippen molar-refractivity contribution < 1.29 is 9.47 Å². The van der Waals surface area contributed by atoms with E-state index in [2.05, 4.69) is 9.55 Å². The van der Waals surface area contributed by atoms with Crippen molar-refractivity contribution >= 4 is 0 Å². The lowest BCUT2D eigenvalue weighted by molar-refractivity contribution is -0.151. The lowest BCUT2D eigenvalue weighted by Crippen LogP contribution is -2.23. The van der Waals surface area contributed by atoms with Crippen LogP contribution in [0.1, 0.15) is 25.6 Å². The van der Waals surface area contributed by atoms with Gasteiger partial charge in [-0.3, -0.25) is 0 Å². The van der Waals surface area contributed by atoms with E-state index in [0.717, 1.165) is 12.2 Å². The van der Waals surface area contributed by atoms with Gasteiger partial charge in [-0.1, -0.05) is 0 Å². The first-order chi connectivity index (χ1) is 6.16. The van der Waals surface area contributed by atoms with Gasteiger partial charge in [-0.25, -0.2) is 4.98 Å². The smallest absolute Gasteiger partial charge is 0.164 e. The van der Waals surface area contributed by atoms with Crippen molar-refractivity contribution in [2.24, 2.45) is 0 Å². The Balaban J connectivity index is 1.98. The molecule has 0 saturated carbocycles. The number of aromatic nitrogens is 2. The Morgan fingerprint density at radius 1 is 1.54 bits per heavy atom. The van der Waals surface area contributed by atoms with Crippen LogP contribution < -0.4 is 0 Å². The standard InChI is InChI=1S/C9H12N2O2/c1-9(2)12-7-4-11-5-10-3-6(11)8(7)13-9/h3,5,7-8H,4H2,1-2H3/t7-,8+/m1/s1. The summed E-state index contributed by atoms with van der Waals surface area (Å²) in [5, 5.41) is 0. The van der Waals surface area contributed by atoms with Crippen LogP contribution in [0, 0.1) is 0 Å². The SMILES string of the molecule is CC1(C)O[C@@H]2Cn3cncc3[C@@H]2O1. The number of hydrogen-bond acceptors (Lipinski definition) is 3. The van der Waals surface area contributed by atoms with Gasteiger partial charge in [0.2, 0.25) is 0 Å². The largest absolute Gasteiger partial charge is 0.342 e. The minimum atomic E-state index is -0.440. The summed E-state index contributed by atoms with van der Waals surface area (Å²) in [6.45, 7) is 4.77. The zero-order valence-corrected chi connectivity index (χ0v) is 7.73. The number of fused-ring (bicyclic) bond motifs is 3. The Bertz CT molecular complexity index is 345. The lowest BCUT2D eigenvalue weighted by Gasteiger charge is -2.18. The highest BCUT2D eigenvalue weighted by Crippen LogP contribution is 2.42. The third-order valence-corrected chi connectivity index (χ3v) is 2.60. The van der Waals surface area contributed by atoms with Gasteiger partial charge in [-0.2, -0.15) is 0 Å². The zero-order chi connectivity index (χ0) is 9.05. The summed E-state index contributed by atoms with van der Waals surface area (Å²) >= 11 is 0. The maximum Gasteiger partial charge on any atom is 0.164 e. The zero-order valence-electron chi connectivity index (χ0n) is 7.73. The molecule has 0 N–H and O–H groups in total. The summed E-state index contributed by atoms with van der Waals surface area (Å²) in [5.41, 5.74) is 1.13. The maximum absolute atomic E-state index is 5.77. The van der Waals surface area contributed by atoms with Gasteiger partial charge in [0.05, 0.1) is 24.8 Å². The molecule has 0 radical (unpaired) electrons. The summed E-state index contributed by atoms with van der Waals surface area (Å²) in [7, 11) is 0. The molecule has 0 aromatic carbocycles. The molecule has 2 aliphatic heterocycles. The highest BCUT2D eigenvalue weighted by atomic mass is 16.8. The molecule has 0 aliphatic carbocycles. The first-order valence-electron chi connectivity index (χ1n) is 4.51. The van der Waals surface area contributed by atoms with Crippen LogP contribution in [0.15, 0.2) is 12.5 Å². The fourth-order valence-corrected chi connectivity index (χ4v) is 2.13. The maximum atomic E-state index is 5.77. The molecule has 0 unspecified atom stereocenters. The molecule has 0 bridgehead atoms. The molecule has 1 fully saturated rings. The summed E-state index contributed by atoms with van der Waals surface area (Å²) < 4.78 is 13.6. The molecule has 1 aromatic rings. The topological polar surface area (TPSA) is 36.3 Å². The summed E-state index contributed by atoms with van der Waals surface area (Å²) in [5.74, 6) is -0.440. The third-order valence-electron chi connectivity index (χ3n) is 2.60. The Kier molecular flexibility index (Phi) is 1.24. The quantitative estimate of drug-likeness (QED) is 0.599. The van der Waals surface area contributed by atoms with Crippen molar-refractivity contribution in [3.63, 3.8) is 0 Å². The highest BCUT2D eigenvalue weighted by molar-refractivity contribution is 5.13. The van der Waals surface area contributed by atoms with Crippen molar-refractivity contribution in [3.05, 3.63) is 18.2 Å². The van der Waals surface area contributed by atoms with Crippen LogP contribution in [-0.2, 0) is 16.0 Å². The third kappa shape index (κ3) is 0.957. The predicted molar refractivity (Wildman–Crippen MR) is 45.0 cm³/mol. The van der Waals surface area contributed by atoms with E-state index < -0.39 is 5.79 Å². The van der Waals surface area contributed by atoms with Crippen LogP contribution in [0.2, 0.25) is 0 Å². The van der Waals surface area contributed by atoms with Crippen LogP contribution in [0.5, 0.6) is 0 Å². The fourth-order valence-electron chi connectivity index (χ4n) is 2.13. The van der Waals surface area contributed by atoms with E-state index in [-0.39, 0.29) is 12.2 Å². The Morgan fingerprint density at radius 2 is 2.38 bits per heavy atom. The van der Waals surface area contributed by atoms with Gasteiger partial charge in [-0.05, 0) is 13.8 Å². The molecule has 0 spiro atoms. The van der Waals surface area contributed by atoms with Gasteiger partial charge in [0.1, 0.15) is 12.2 Å². The Hall–Kier alpha value is -0.870. The van der Waals surface area contributed by atoms with Crippen molar-refractivity contribution in [2.45, 2.75) is 38.4 Å². The van der Waals surface area contributed by atoms with E-state index in [1.165, 1.54) is 0 Å². The van der Waals surface area contributed by atoms with Gasteiger partial charge in [0.25, 0.3) is 0 Å². The van der Waals surface area contributed by atoms with Crippen LogP contribution in [0.25, 0.3) is 0 Å². The minimum Gasteiger partial charge on any atom is -0.342 e. The lowest BCUT2D eigenvalue weighted by atomic mass is 10.2. The fraction of sp³-hybridized carbons (Fsp3) is 0.667. The van der Waals surface area contributed by atoms with Crippen LogP contribution in [0.4, 0.5) is 0 Å². The number of nitrogens with zero attached hydrogens (tertiary/aromatic N) is 2. The molecule has 13 heavy (non-hydrogen) atoms. The van der Waals surface area contributed by atoms with E-state index in [9.17, 15) is 0 Å². The second-order valence-corrected chi connectivity index (χ2v) is 4.07. The molecule has 4 nitrogen and oxygen atoms in total. The van der Waals surface area contributed by atoms with E-state index in [0.29, 0.717) is 0 Å². The molecule has 0 amide bonds. The molecular formula is C9H12N2O2. The van der Waals surface area contributed by atoms with Gasteiger partial charge < -0.3 is 14.0 Å². The molecule has 2 atom stereocenters. The minimum absolute atomic E-state index is 0.0810. The van der Waals surface area contributed by atoms with Gasteiger partial charge in [0.15, 0.2) is 5.79 Å². The monoisotopic (exact) mass is 180 g/mol. The van der Waals surface area contributed by atoms with Crippen molar-refractivity contribution in [3.8, 4) is 0 Å². The molecule has 3 rings (SSSR count). The van der Waals surface area contributed by atoms with Crippen molar-refractivity contribution in [1.82, 2.24) is 9.55 Å². The molecule has 3 heterocycles. The molecular weight excluding hydrogens is 168 g/mol.